The molecule has 0 spiro atoms. The van der Waals surface area contributed by atoms with Gasteiger partial charge in [0.2, 0.25) is 0 Å². The predicted molar refractivity (Wildman–Crippen MR) is 94.2 cm³/mol. The molecule has 1 aromatic carbocycles. The standard InChI is InChI=1S/C18H21N5O/c1-24-16-5-3-2-4-14(16)15-11-18(21-13-7-6-12(19)10-13)23-17(22-15)8-9-20-23/h2-5,8-9,11-13,21H,6-7,10,19H2,1H3/t12-,13-/m0/s1. The largest absolute Gasteiger partial charge is 0.496 e. The molecule has 1 fully saturated rings. The number of nitrogens with zero attached hydrogens (tertiary/aromatic N) is 3. The molecule has 6 nitrogen and oxygen atoms in total. The molecule has 0 radical (unpaired) electrons. The third kappa shape index (κ3) is 2.69. The maximum atomic E-state index is 6.04. The van der Waals surface area contributed by atoms with Gasteiger partial charge in [0, 0.05) is 29.8 Å². The van der Waals surface area contributed by atoms with Crippen LogP contribution in [-0.4, -0.2) is 33.8 Å². The number of hydrogen-bond acceptors (Lipinski definition) is 5. The number of ether oxygens (including phenoxy) is 1. The first-order valence-corrected chi connectivity index (χ1v) is 8.25. The first-order chi connectivity index (χ1) is 11.7. The predicted octanol–water partition coefficient (Wildman–Crippen LogP) is 2.70. The summed E-state index contributed by atoms with van der Waals surface area (Å²) in [4.78, 5) is 4.72. The topological polar surface area (TPSA) is 77.5 Å². The van der Waals surface area contributed by atoms with Crippen molar-refractivity contribution in [2.75, 3.05) is 12.4 Å². The lowest BCUT2D eigenvalue weighted by atomic mass is 10.1. The van der Waals surface area contributed by atoms with Gasteiger partial charge in [0.05, 0.1) is 19.0 Å². The van der Waals surface area contributed by atoms with Crippen LogP contribution >= 0.6 is 0 Å². The maximum Gasteiger partial charge on any atom is 0.157 e. The van der Waals surface area contributed by atoms with Crippen LogP contribution < -0.4 is 15.8 Å². The second kappa shape index (κ2) is 6.13. The van der Waals surface area contributed by atoms with Crippen LogP contribution in [0.1, 0.15) is 19.3 Å². The van der Waals surface area contributed by atoms with Gasteiger partial charge in [-0.3, -0.25) is 0 Å². The molecule has 0 amide bonds. The Labute approximate surface area is 140 Å². The van der Waals surface area contributed by atoms with Crippen LogP contribution in [0.2, 0.25) is 0 Å². The lowest BCUT2D eigenvalue weighted by Crippen LogP contribution is -2.22. The third-order valence-electron chi connectivity index (χ3n) is 4.57. The summed E-state index contributed by atoms with van der Waals surface area (Å²) in [5, 5.41) is 7.97. The highest BCUT2D eigenvalue weighted by Gasteiger charge is 2.22. The molecule has 4 rings (SSSR count). The van der Waals surface area contributed by atoms with Gasteiger partial charge in [0.15, 0.2) is 5.65 Å². The molecule has 0 bridgehead atoms. The van der Waals surface area contributed by atoms with E-state index in [2.05, 4.69) is 10.4 Å². The van der Waals surface area contributed by atoms with E-state index in [4.69, 9.17) is 15.5 Å². The van der Waals surface area contributed by atoms with Gasteiger partial charge in [-0.05, 0) is 31.4 Å². The van der Waals surface area contributed by atoms with Crippen molar-refractivity contribution >= 4 is 11.5 Å². The quantitative estimate of drug-likeness (QED) is 0.772. The minimum Gasteiger partial charge on any atom is -0.496 e. The number of nitrogens with two attached hydrogens (primary N) is 1. The molecule has 124 valence electrons. The van der Waals surface area contributed by atoms with E-state index >= 15 is 0 Å². The molecule has 2 atom stereocenters. The Morgan fingerprint density at radius 2 is 2.12 bits per heavy atom. The number of anilines is 1. The first kappa shape index (κ1) is 15.0. The molecule has 0 aliphatic heterocycles. The molecule has 3 aromatic rings. The zero-order chi connectivity index (χ0) is 16.5. The Kier molecular flexibility index (Phi) is 3.82. The second-order valence-corrected chi connectivity index (χ2v) is 6.24. The van der Waals surface area contributed by atoms with E-state index in [-0.39, 0.29) is 6.04 Å². The summed E-state index contributed by atoms with van der Waals surface area (Å²) >= 11 is 0. The minimum atomic E-state index is 0.283. The van der Waals surface area contributed by atoms with Crippen LogP contribution in [0.25, 0.3) is 16.9 Å². The van der Waals surface area contributed by atoms with Crippen molar-refractivity contribution in [1.29, 1.82) is 0 Å². The van der Waals surface area contributed by atoms with Crippen LogP contribution in [-0.2, 0) is 0 Å². The molecule has 1 aliphatic rings. The molecule has 1 aliphatic carbocycles. The van der Waals surface area contributed by atoms with E-state index in [1.54, 1.807) is 13.3 Å². The Morgan fingerprint density at radius 1 is 1.25 bits per heavy atom. The zero-order valence-corrected chi connectivity index (χ0v) is 13.6. The molecule has 0 unspecified atom stereocenters. The number of benzene rings is 1. The van der Waals surface area contributed by atoms with Gasteiger partial charge in [-0.2, -0.15) is 9.61 Å². The normalized spacial score (nSPS) is 20.4. The monoisotopic (exact) mass is 323 g/mol. The maximum absolute atomic E-state index is 6.04. The highest BCUT2D eigenvalue weighted by Crippen LogP contribution is 2.31. The van der Waals surface area contributed by atoms with E-state index in [0.29, 0.717) is 6.04 Å². The van der Waals surface area contributed by atoms with Gasteiger partial charge in [0.25, 0.3) is 0 Å². The van der Waals surface area contributed by atoms with Gasteiger partial charge in [-0.25, -0.2) is 4.98 Å². The molecule has 2 aromatic heterocycles. The van der Waals surface area contributed by atoms with E-state index in [0.717, 1.165) is 47.7 Å². The number of rotatable bonds is 4. The summed E-state index contributed by atoms with van der Waals surface area (Å²) in [5.74, 6) is 1.74. The van der Waals surface area contributed by atoms with Crippen molar-refractivity contribution in [2.24, 2.45) is 5.73 Å². The molecule has 3 N–H and O–H groups in total. The van der Waals surface area contributed by atoms with E-state index < -0.39 is 0 Å². The lowest BCUT2D eigenvalue weighted by molar-refractivity contribution is 0.416. The Hall–Kier alpha value is -2.60. The van der Waals surface area contributed by atoms with Gasteiger partial charge in [-0.1, -0.05) is 12.1 Å². The van der Waals surface area contributed by atoms with Crippen LogP contribution in [0.3, 0.4) is 0 Å². The summed E-state index contributed by atoms with van der Waals surface area (Å²) in [6.45, 7) is 0. The van der Waals surface area contributed by atoms with Crippen molar-refractivity contribution in [1.82, 2.24) is 14.6 Å². The van der Waals surface area contributed by atoms with Crippen LogP contribution in [0.5, 0.6) is 5.75 Å². The van der Waals surface area contributed by atoms with E-state index in [9.17, 15) is 0 Å². The zero-order valence-electron chi connectivity index (χ0n) is 13.6. The van der Waals surface area contributed by atoms with E-state index in [1.807, 2.05) is 40.9 Å². The van der Waals surface area contributed by atoms with Crippen LogP contribution in [0.15, 0.2) is 42.6 Å². The number of methoxy groups -OCH3 is 1. The fraction of sp³-hybridized carbons (Fsp3) is 0.333. The van der Waals surface area contributed by atoms with Crippen molar-refractivity contribution in [3.8, 4) is 17.0 Å². The summed E-state index contributed by atoms with van der Waals surface area (Å²) in [6.07, 6.45) is 4.88. The number of hydrogen-bond donors (Lipinski definition) is 2. The lowest BCUT2D eigenvalue weighted by Gasteiger charge is -2.16. The Bertz CT molecular complexity index is 859. The molecule has 0 saturated heterocycles. The second-order valence-electron chi connectivity index (χ2n) is 6.24. The number of nitrogens with one attached hydrogen (secondary N) is 1. The highest BCUT2D eigenvalue weighted by molar-refractivity contribution is 5.71. The SMILES string of the molecule is COc1ccccc1-c1cc(N[C@H]2CC[C@H](N)C2)n2nccc2n1. The molecule has 2 heterocycles. The molecule has 1 saturated carbocycles. The van der Waals surface area contributed by atoms with Crippen LogP contribution in [0, 0.1) is 0 Å². The Morgan fingerprint density at radius 3 is 2.92 bits per heavy atom. The van der Waals surface area contributed by atoms with Crippen molar-refractivity contribution in [3.05, 3.63) is 42.6 Å². The fourth-order valence-electron chi connectivity index (χ4n) is 3.37. The Balaban J connectivity index is 1.77. The summed E-state index contributed by atoms with van der Waals surface area (Å²) < 4.78 is 7.32. The summed E-state index contributed by atoms with van der Waals surface area (Å²) in [5.41, 5.74) is 8.68. The first-order valence-electron chi connectivity index (χ1n) is 8.25. The van der Waals surface area contributed by atoms with Crippen molar-refractivity contribution in [3.63, 3.8) is 0 Å². The smallest absolute Gasteiger partial charge is 0.157 e. The molecular weight excluding hydrogens is 302 g/mol. The van der Waals surface area contributed by atoms with Gasteiger partial charge in [0.1, 0.15) is 11.6 Å². The average molecular weight is 323 g/mol. The molecule has 6 heteroatoms. The van der Waals surface area contributed by atoms with E-state index in [1.165, 1.54) is 0 Å². The van der Waals surface area contributed by atoms with Crippen molar-refractivity contribution < 1.29 is 4.74 Å². The number of para-hydroxylation sites is 1. The molecule has 24 heavy (non-hydrogen) atoms. The average Bonchev–Trinajstić information content (AvgIpc) is 3.23. The van der Waals surface area contributed by atoms with Crippen LogP contribution in [0.4, 0.5) is 5.82 Å². The number of aromatic nitrogens is 3. The van der Waals surface area contributed by atoms with Gasteiger partial charge >= 0.3 is 0 Å². The fourth-order valence-corrected chi connectivity index (χ4v) is 3.37. The van der Waals surface area contributed by atoms with Gasteiger partial charge in [-0.15, -0.1) is 0 Å². The van der Waals surface area contributed by atoms with Crippen molar-refractivity contribution in [2.45, 2.75) is 31.3 Å². The minimum absolute atomic E-state index is 0.283. The molecular formula is C18H21N5O. The third-order valence-corrected chi connectivity index (χ3v) is 4.57. The number of fused-ring (bicyclic) bond motifs is 1. The van der Waals surface area contributed by atoms with Gasteiger partial charge < -0.3 is 15.8 Å². The summed E-state index contributed by atoms with van der Waals surface area (Å²) in [6, 6.07) is 12.5. The summed E-state index contributed by atoms with van der Waals surface area (Å²) in [7, 11) is 1.68. The highest BCUT2D eigenvalue weighted by atomic mass is 16.5.